The maximum absolute atomic E-state index is 10.5. The minimum atomic E-state index is -0.681. The highest BCUT2D eigenvalue weighted by molar-refractivity contribution is 5.67. The van der Waals surface area contributed by atoms with Crippen LogP contribution in [0.2, 0.25) is 0 Å². The topological polar surface area (TPSA) is 40.5 Å². The van der Waals surface area contributed by atoms with E-state index >= 15 is 0 Å². The zero-order valence-corrected chi connectivity index (χ0v) is 8.07. The fraction of sp³-hybridized carbons (Fsp3) is 0.700. The SMILES string of the molecule is CCC(CC(=O)O)CN1CC=CC1. The van der Waals surface area contributed by atoms with E-state index in [-0.39, 0.29) is 0 Å². The van der Waals surface area contributed by atoms with Crippen molar-refractivity contribution in [3.8, 4) is 0 Å². The van der Waals surface area contributed by atoms with Gasteiger partial charge in [0.25, 0.3) is 0 Å². The van der Waals surface area contributed by atoms with Gasteiger partial charge >= 0.3 is 5.97 Å². The van der Waals surface area contributed by atoms with E-state index < -0.39 is 5.97 Å². The van der Waals surface area contributed by atoms with E-state index in [1.54, 1.807) is 0 Å². The van der Waals surface area contributed by atoms with Crippen molar-refractivity contribution in [3.63, 3.8) is 0 Å². The Morgan fingerprint density at radius 1 is 1.54 bits per heavy atom. The number of hydrogen-bond acceptors (Lipinski definition) is 2. The molecule has 1 atom stereocenters. The summed E-state index contributed by atoms with van der Waals surface area (Å²) in [6.07, 6.45) is 5.51. The second-order valence-electron chi connectivity index (χ2n) is 3.56. The van der Waals surface area contributed by atoms with Crippen molar-refractivity contribution in [2.24, 2.45) is 5.92 Å². The van der Waals surface area contributed by atoms with Gasteiger partial charge in [-0.05, 0) is 5.92 Å². The van der Waals surface area contributed by atoms with Crippen LogP contribution in [0, 0.1) is 5.92 Å². The predicted octanol–water partition coefficient (Wildman–Crippen LogP) is 1.36. The lowest BCUT2D eigenvalue weighted by Crippen LogP contribution is -2.28. The van der Waals surface area contributed by atoms with Crippen molar-refractivity contribution in [1.29, 1.82) is 0 Å². The monoisotopic (exact) mass is 183 g/mol. The van der Waals surface area contributed by atoms with Crippen LogP contribution >= 0.6 is 0 Å². The van der Waals surface area contributed by atoms with Gasteiger partial charge in [0, 0.05) is 26.1 Å². The highest BCUT2D eigenvalue weighted by Crippen LogP contribution is 2.12. The standard InChI is InChI=1S/C10H17NO2/c1-2-9(7-10(12)13)8-11-5-3-4-6-11/h3-4,9H,2,5-8H2,1H3,(H,12,13). The minimum absolute atomic E-state index is 0.299. The Morgan fingerprint density at radius 2 is 2.15 bits per heavy atom. The molecule has 1 unspecified atom stereocenters. The molecule has 0 aromatic carbocycles. The largest absolute Gasteiger partial charge is 0.481 e. The normalized spacial score (nSPS) is 19.2. The molecular formula is C10H17NO2. The molecule has 0 spiro atoms. The molecule has 13 heavy (non-hydrogen) atoms. The maximum atomic E-state index is 10.5. The number of rotatable bonds is 5. The van der Waals surface area contributed by atoms with Crippen molar-refractivity contribution in [3.05, 3.63) is 12.2 Å². The maximum Gasteiger partial charge on any atom is 0.303 e. The highest BCUT2D eigenvalue weighted by Gasteiger charge is 2.15. The first-order valence-corrected chi connectivity index (χ1v) is 4.81. The fourth-order valence-electron chi connectivity index (χ4n) is 1.62. The Bertz CT molecular complexity index is 193. The molecule has 0 radical (unpaired) electrons. The average molecular weight is 183 g/mol. The highest BCUT2D eigenvalue weighted by atomic mass is 16.4. The van der Waals surface area contributed by atoms with E-state index in [2.05, 4.69) is 24.0 Å². The molecule has 0 bridgehead atoms. The number of hydrogen-bond donors (Lipinski definition) is 1. The van der Waals surface area contributed by atoms with Gasteiger partial charge in [-0.3, -0.25) is 9.69 Å². The Hall–Kier alpha value is -0.830. The van der Waals surface area contributed by atoms with Crippen LogP contribution < -0.4 is 0 Å². The molecule has 1 aliphatic rings. The summed E-state index contributed by atoms with van der Waals surface area (Å²) in [5, 5.41) is 8.65. The zero-order valence-electron chi connectivity index (χ0n) is 8.07. The molecule has 0 aliphatic carbocycles. The van der Waals surface area contributed by atoms with Crippen LogP contribution in [0.5, 0.6) is 0 Å². The summed E-state index contributed by atoms with van der Waals surface area (Å²) in [5.41, 5.74) is 0. The smallest absolute Gasteiger partial charge is 0.303 e. The average Bonchev–Trinajstić information content (AvgIpc) is 2.55. The fourth-order valence-corrected chi connectivity index (χ4v) is 1.62. The number of carbonyl (C=O) groups is 1. The lowest BCUT2D eigenvalue weighted by atomic mass is 10.0. The molecule has 3 heteroatoms. The lowest BCUT2D eigenvalue weighted by Gasteiger charge is -2.20. The molecule has 0 aromatic rings. The van der Waals surface area contributed by atoms with Crippen molar-refractivity contribution in [2.45, 2.75) is 19.8 Å². The number of carboxylic acid groups (broad SMARTS) is 1. The van der Waals surface area contributed by atoms with Crippen LogP contribution in [0.25, 0.3) is 0 Å². The third-order valence-corrected chi connectivity index (χ3v) is 2.45. The van der Waals surface area contributed by atoms with E-state index in [4.69, 9.17) is 5.11 Å². The summed E-state index contributed by atoms with van der Waals surface area (Å²) in [6, 6.07) is 0. The van der Waals surface area contributed by atoms with Crippen molar-refractivity contribution in [2.75, 3.05) is 19.6 Å². The molecule has 1 aliphatic heterocycles. The Morgan fingerprint density at radius 3 is 2.62 bits per heavy atom. The summed E-state index contributed by atoms with van der Waals surface area (Å²) in [5.74, 6) is -0.378. The first kappa shape index (κ1) is 10.3. The molecule has 0 fully saturated rings. The van der Waals surface area contributed by atoms with Crippen LogP contribution in [0.1, 0.15) is 19.8 Å². The molecule has 0 saturated heterocycles. The number of aliphatic carboxylic acids is 1. The van der Waals surface area contributed by atoms with Gasteiger partial charge in [0.15, 0.2) is 0 Å². The zero-order chi connectivity index (χ0) is 9.68. The van der Waals surface area contributed by atoms with Crippen LogP contribution in [-0.2, 0) is 4.79 Å². The Labute approximate surface area is 79.0 Å². The van der Waals surface area contributed by atoms with E-state index in [0.717, 1.165) is 26.1 Å². The quantitative estimate of drug-likeness (QED) is 0.654. The molecular weight excluding hydrogens is 166 g/mol. The first-order chi connectivity index (χ1) is 6.22. The molecule has 74 valence electrons. The molecule has 0 saturated carbocycles. The van der Waals surface area contributed by atoms with Crippen molar-refractivity contribution in [1.82, 2.24) is 4.90 Å². The van der Waals surface area contributed by atoms with Gasteiger partial charge in [-0.15, -0.1) is 0 Å². The van der Waals surface area contributed by atoms with E-state index in [0.29, 0.717) is 12.3 Å². The van der Waals surface area contributed by atoms with Gasteiger partial charge in [0.1, 0.15) is 0 Å². The second kappa shape index (κ2) is 5.02. The molecule has 0 amide bonds. The summed E-state index contributed by atoms with van der Waals surface area (Å²) in [6.45, 7) is 4.93. The third kappa shape index (κ3) is 3.59. The van der Waals surface area contributed by atoms with Gasteiger partial charge in [0.05, 0.1) is 0 Å². The Balaban J connectivity index is 2.26. The van der Waals surface area contributed by atoms with Crippen LogP contribution in [0.3, 0.4) is 0 Å². The first-order valence-electron chi connectivity index (χ1n) is 4.81. The summed E-state index contributed by atoms with van der Waals surface area (Å²) in [4.78, 5) is 12.8. The molecule has 1 N–H and O–H groups in total. The van der Waals surface area contributed by atoms with E-state index in [1.807, 2.05) is 0 Å². The molecule has 1 heterocycles. The van der Waals surface area contributed by atoms with Crippen LogP contribution in [0.15, 0.2) is 12.2 Å². The number of carboxylic acids is 1. The van der Waals surface area contributed by atoms with Crippen LogP contribution in [-0.4, -0.2) is 35.6 Å². The van der Waals surface area contributed by atoms with Gasteiger partial charge < -0.3 is 5.11 Å². The van der Waals surface area contributed by atoms with Gasteiger partial charge in [0.2, 0.25) is 0 Å². The van der Waals surface area contributed by atoms with E-state index in [1.165, 1.54) is 0 Å². The predicted molar refractivity (Wildman–Crippen MR) is 51.6 cm³/mol. The third-order valence-electron chi connectivity index (χ3n) is 2.45. The van der Waals surface area contributed by atoms with E-state index in [9.17, 15) is 4.79 Å². The van der Waals surface area contributed by atoms with Gasteiger partial charge in [-0.25, -0.2) is 0 Å². The summed E-state index contributed by atoms with van der Waals surface area (Å²) in [7, 11) is 0. The van der Waals surface area contributed by atoms with Gasteiger partial charge in [-0.2, -0.15) is 0 Å². The summed E-state index contributed by atoms with van der Waals surface area (Å²) >= 11 is 0. The van der Waals surface area contributed by atoms with Crippen molar-refractivity contribution < 1.29 is 9.90 Å². The van der Waals surface area contributed by atoms with Crippen molar-refractivity contribution >= 4 is 5.97 Å². The Kier molecular flexibility index (Phi) is 3.96. The van der Waals surface area contributed by atoms with Crippen LogP contribution in [0.4, 0.5) is 0 Å². The molecule has 3 nitrogen and oxygen atoms in total. The molecule has 1 rings (SSSR count). The summed E-state index contributed by atoms with van der Waals surface area (Å²) < 4.78 is 0. The number of nitrogens with zero attached hydrogens (tertiary/aromatic N) is 1. The molecule has 0 aromatic heterocycles. The lowest BCUT2D eigenvalue weighted by molar-refractivity contribution is -0.138. The second-order valence-corrected chi connectivity index (χ2v) is 3.56. The minimum Gasteiger partial charge on any atom is -0.481 e. The van der Waals surface area contributed by atoms with Gasteiger partial charge in [-0.1, -0.05) is 25.5 Å².